The second-order valence-electron chi connectivity index (χ2n) is 10.9. The summed E-state index contributed by atoms with van der Waals surface area (Å²) in [7, 11) is -3.45. The standard InChI is InChI=1S/C16H16FN5O2S.C14H10ClFN4/c1-2-25(23,24)21-15-7-10(9-18-20-15)16-19-13-6-3-11(17)8-14(13)22(16)12-4-5-12;15-13-5-8(7-17-19-13)14-18-11-4-1-9(16)6-12(11)20(14)10-2-3-10/h3,6-9,12H,2,4-5H2,1H3,(H,20,21);1,4-7,10H,2-3H2. The van der Waals surface area contributed by atoms with Crippen molar-refractivity contribution >= 4 is 49.5 Å². The molecule has 0 aliphatic heterocycles. The lowest BCUT2D eigenvalue weighted by atomic mass is 10.3. The Morgan fingerprint density at radius 1 is 0.800 bits per heavy atom. The number of fused-ring (bicyclic) bond motifs is 2. The minimum absolute atomic E-state index is 0.0568. The van der Waals surface area contributed by atoms with Crippen molar-refractivity contribution in [2.45, 2.75) is 44.7 Å². The van der Waals surface area contributed by atoms with E-state index >= 15 is 0 Å². The van der Waals surface area contributed by atoms with Crippen LogP contribution < -0.4 is 4.72 Å². The molecule has 2 fully saturated rings. The zero-order valence-corrected chi connectivity index (χ0v) is 25.5. The molecule has 45 heavy (non-hydrogen) atoms. The summed E-state index contributed by atoms with van der Waals surface area (Å²) in [5, 5.41) is 15.6. The van der Waals surface area contributed by atoms with Gasteiger partial charge in [0.2, 0.25) is 10.0 Å². The van der Waals surface area contributed by atoms with Gasteiger partial charge in [-0.15, -0.1) is 10.2 Å². The van der Waals surface area contributed by atoms with Gasteiger partial charge in [0.1, 0.15) is 23.3 Å². The number of sulfonamides is 1. The average Bonchev–Trinajstić information content (AvgIpc) is 3.96. The number of anilines is 1. The number of halogens is 3. The van der Waals surface area contributed by atoms with Crippen molar-refractivity contribution < 1.29 is 17.2 Å². The highest BCUT2D eigenvalue weighted by atomic mass is 35.5. The topological polar surface area (TPSA) is 133 Å². The fourth-order valence-electron chi connectivity index (χ4n) is 5.18. The Hall–Kier alpha value is -4.56. The van der Waals surface area contributed by atoms with Crippen LogP contribution in [0.3, 0.4) is 0 Å². The monoisotopic (exact) mass is 649 g/mol. The summed E-state index contributed by atoms with van der Waals surface area (Å²) in [6.45, 7) is 1.54. The summed E-state index contributed by atoms with van der Waals surface area (Å²) in [6.07, 6.45) is 7.33. The normalized spacial score (nSPS) is 14.8. The Kier molecular flexibility index (Phi) is 7.40. The Morgan fingerprint density at radius 2 is 1.31 bits per heavy atom. The van der Waals surface area contributed by atoms with Crippen molar-refractivity contribution in [3.8, 4) is 22.8 Å². The maximum absolute atomic E-state index is 13.7. The first-order valence-electron chi connectivity index (χ1n) is 14.4. The molecule has 0 unspecified atom stereocenters. The van der Waals surface area contributed by atoms with Crippen molar-refractivity contribution in [3.05, 3.63) is 77.7 Å². The molecule has 2 aliphatic carbocycles. The van der Waals surface area contributed by atoms with Gasteiger partial charge >= 0.3 is 0 Å². The summed E-state index contributed by atoms with van der Waals surface area (Å²) in [6, 6.07) is 13.1. The Labute approximate surface area is 261 Å². The van der Waals surface area contributed by atoms with E-state index in [0.29, 0.717) is 28.1 Å². The lowest BCUT2D eigenvalue weighted by Gasteiger charge is -2.09. The highest BCUT2D eigenvalue weighted by Gasteiger charge is 2.30. The molecular formula is C30H26ClF2N9O2S. The molecule has 15 heteroatoms. The van der Waals surface area contributed by atoms with Crippen LogP contribution in [0, 0.1) is 11.6 Å². The fraction of sp³-hybridized carbons (Fsp3) is 0.267. The SMILES string of the molecule is CCS(=O)(=O)Nc1cc(-c2nc3ccc(F)cc3n2C2CC2)cnn1.Fc1ccc2nc(-c3cnnc(Cl)c3)n(C3CC3)c2c1. The zero-order chi connectivity index (χ0) is 31.3. The van der Waals surface area contributed by atoms with E-state index < -0.39 is 10.0 Å². The third kappa shape index (κ3) is 6.07. The first kappa shape index (κ1) is 29.2. The molecule has 2 aliphatic rings. The maximum atomic E-state index is 13.7. The molecule has 0 spiro atoms. The van der Waals surface area contributed by atoms with E-state index in [4.69, 9.17) is 11.6 Å². The van der Waals surface area contributed by atoms with Crippen molar-refractivity contribution in [2.24, 2.45) is 0 Å². The summed E-state index contributed by atoms with van der Waals surface area (Å²) in [5.74, 6) is 0.917. The van der Waals surface area contributed by atoms with Gasteiger partial charge in [0.05, 0.1) is 40.2 Å². The van der Waals surface area contributed by atoms with Crippen molar-refractivity contribution in [3.63, 3.8) is 0 Å². The van der Waals surface area contributed by atoms with Gasteiger partial charge in [-0.05, 0) is 81.1 Å². The van der Waals surface area contributed by atoms with Gasteiger partial charge in [-0.2, -0.15) is 10.2 Å². The highest BCUT2D eigenvalue weighted by Crippen LogP contribution is 2.42. The number of nitrogens with zero attached hydrogens (tertiary/aromatic N) is 8. The van der Waals surface area contributed by atoms with Gasteiger partial charge in [-0.1, -0.05) is 11.6 Å². The molecular weight excluding hydrogens is 624 g/mol. The van der Waals surface area contributed by atoms with Crippen LogP contribution in [-0.4, -0.2) is 53.7 Å². The van der Waals surface area contributed by atoms with Crippen molar-refractivity contribution in [1.82, 2.24) is 39.5 Å². The summed E-state index contributed by atoms with van der Waals surface area (Å²) < 4.78 is 57.1. The second kappa shape index (κ2) is 11.4. The molecule has 0 radical (unpaired) electrons. The largest absolute Gasteiger partial charge is 0.321 e. The molecule has 8 rings (SSSR count). The Balaban J connectivity index is 0.000000148. The molecule has 4 aromatic heterocycles. The van der Waals surface area contributed by atoms with E-state index in [9.17, 15) is 17.2 Å². The first-order valence-corrected chi connectivity index (χ1v) is 16.4. The average molecular weight is 650 g/mol. The van der Waals surface area contributed by atoms with Gasteiger partial charge in [0, 0.05) is 23.2 Å². The second-order valence-corrected chi connectivity index (χ2v) is 13.3. The Bertz CT molecular complexity index is 2180. The van der Waals surface area contributed by atoms with Crippen LogP contribution in [0.15, 0.2) is 60.9 Å². The minimum atomic E-state index is -3.45. The number of hydrogen-bond donors (Lipinski definition) is 1. The molecule has 2 saturated carbocycles. The molecule has 0 bridgehead atoms. The van der Waals surface area contributed by atoms with Crippen LogP contribution in [0.4, 0.5) is 14.6 Å². The third-order valence-corrected chi connectivity index (χ3v) is 9.03. The molecule has 0 atom stereocenters. The molecule has 1 N–H and O–H groups in total. The maximum Gasteiger partial charge on any atom is 0.233 e. The van der Waals surface area contributed by atoms with Gasteiger partial charge in [-0.25, -0.2) is 27.2 Å². The predicted molar refractivity (Wildman–Crippen MR) is 166 cm³/mol. The predicted octanol–water partition coefficient (Wildman–Crippen LogP) is 6.35. The van der Waals surface area contributed by atoms with Crippen LogP contribution >= 0.6 is 11.6 Å². The van der Waals surface area contributed by atoms with E-state index in [1.807, 2.05) is 4.57 Å². The van der Waals surface area contributed by atoms with Crippen LogP contribution in [0.25, 0.3) is 44.8 Å². The van der Waals surface area contributed by atoms with E-state index in [-0.39, 0.29) is 29.2 Å². The van der Waals surface area contributed by atoms with Gasteiger partial charge in [0.15, 0.2) is 11.0 Å². The Morgan fingerprint density at radius 3 is 1.80 bits per heavy atom. The molecule has 11 nitrogen and oxygen atoms in total. The molecule has 230 valence electrons. The summed E-state index contributed by atoms with van der Waals surface area (Å²) in [5.41, 5.74) is 4.44. The van der Waals surface area contributed by atoms with Gasteiger partial charge in [-0.3, -0.25) is 4.72 Å². The zero-order valence-electron chi connectivity index (χ0n) is 23.9. The third-order valence-electron chi connectivity index (χ3n) is 7.56. The lowest BCUT2D eigenvalue weighted by Crippen LogP contribution is -2.16. The van der Waals surface area contributed by atoms with Crippen molar-refractivity contribution in [2.75, 3.05) is 10.5 Å². The molecule has 4 heterocycles. The fourth-order valence-corrected chi connectivity index (χ4v) is 5.90. The van der Waals surface area contributed by atoms with Crippen LogP contribution in [0.2, 0.25) is 5.15 Å². The number of nitrogens with one attached hydrogen (secondary N) is 1. The highest BCUT2D eigenvalue weighted by molar-refractivity contribution is 7.92. The summed E-state index contributed by atoms with van der Waals surface area (Å²) >= 11 is 5.90. The first-order chi connectivity index (χ1) is 21.7. The smallest absolute Gasteiger partial charge is 0.233 e. The quantitative estimate of drug-likeness (QED) is 0.212. The number of benzene rings is 2. The van der Waals surface area contributed by atoms with E-state index in [1.54, 1.807) is 37.4 Å². The molecule has 0 saturated heterocycles. The molecule has 2 aromatic carbocycles. The van der Waals surface area contributed by atoms with Crippen LogP contribution in [0.5, 0.6) is 0 Å². The molecule has 6 aromatic rings. The van der Waals surface area contributed by atoms with Crippen molar-refractivity contribution in [1.29, 1.82) is 0 Å². The number of aromatic nitrogens is 8. The minimum Gasteiger partial charge on any atom is -0.321 e. The van der Waals surface area contributed by atoms with Crippen LogP contribution in [-0.2, 0) is 10.0 Å². The number of imidazole rings is 2. The lowest BCUT2D eigenvalue weighted by molar-refractivity contribution is 0.602. The number of rotatable bonds is 7. The number of hydrogen-bond acceptors (Lipinski definition) is 8. The summed E-state index contributed by atoms with van der Waals surface area (Å²) in [4.78, 5) is 9.19. The molecule has 0 amide bonds. The van der Waals surface area contributed by atoms with Gasteiger partial charge in [0.25, 0.3) is 0 Å². The van der Waals surface area contributed by atoms with Gasteiger partial charge < -0.3 is 9.13 Å². The van der Waals surface area contributed by atoms with E-state index in [0.717, 1.165) is 53.6 Å². The van der Waals surface area contributed by atoms with E-state index in [1.165, 1.54) is 30.5 Å². The van der Waals surface area contributed by atoms with E-state index in [2.05, 4.69) is 39.7 Å². The van der Waals surface area contributed by atoms with Crippen LogP contribution in [0.1, 0.15) is 44.7 Å².